The van der Waals surface area contributed by atoms with Crippen molar-refractivity contribution in [2.24, 2.45) is 5.92 Å². The van der Waals surface area contributed by atoms with Gasteiger partial charge in [-0.1, -0.05) is 33.3 Å². The van der Waals surface area contributed by atoms with Crippen molar-refractivity contribution in [1.82, 2.24) is 10.2 Å². The Bertz CT molecular complexity index is 486. The van der Waals surface area contributed by atoms with E-state index in [9.17, 15) is 9.59 Å². The van der Waals surface area contributed by atoms with Crippen LogP contribution in [0.2, 0.25) is 0 Å². The molecule has 2 rings (SSSR count). The minimum atomic E-state index is -0.360. The molecule has 0 saturated carbocycles. The lowest BCUT2D eigenvalue weighted by Gasteiger charge is -2.41. The number of carbonyl (C=O) groups excluding carboxylic acids is 2. The molecule has 21 heavy (non-hydrogen) atoms. The molecular formula is C16H24N2O2S. The smallest absolute Gasteiger partial charge is 0.245 e. The lowest BCUT2D eigenvalue weighted by Crippen LogP contribution is -2.65. The number of rotatable bonds is 6. The van der Waals surface area contributed by atoms with E-state index in [1.165, 1.54) is 4.88 Å². The van der Waals surface area contributed by atoms with Crippen LogP contribution in [0.25, 0.3) is 0 Å². The summed E-state index contributed by atoms with van der Waals surface area (Å²) in [4.78, 5) is 28.0. The zero-order valence-electron chi connectivity index (χ0n) is 13.0. The number of thiophene rings is 1. The highest BCUT2D eigenvalue weighted by molar-refractivity contribution is 7.09. The molecule has 1 fully saturated rings. The van der Waals surface area contributed by atoms with E-state index >= 15 is 0 Å². The molecule has 3 atom stereocenters. The molecule has 1 aliphatic rings. The first-order chi connectivity index (χ1) is 10.1. The second kappa shape index (κ2) is 7.07. The minimum Gasteiger partial charge on any atom is -0.343 e. The summed E-state index contributed by atoms with van der Waals surface area (Å²) in [6.45, 7) is 6.66. The summed E-state index contributed by atoms with van der Waals surface area (Å²) in [5.74, 6) is 0.246. The highest BCUT2D eigenvalue weighted by atomic mass is 32.1. The van der Waals surface area contributed by atoms with Crippen molar-refractivity contribution in [2.75, 3.05) is 6.54 Å². The normalized spacial score (nSPS) is 24.0. The van der Waals surface area contributed by atoms with Crippen LogP contribution < -0.4 is 5.32 Å². The third kappa shape index (κ3) is 3.46. The van der Waals surface area contributed by atoms with Crippen LogP contribution in [0.4, 0.5) is 0 Å². The average molecular weight is 308 g/mol. The predicted molar refractivity (Wildman–Crippen MR) is 85.2 cm³/mol. The van der Waals surface area contributed by atoms with Gasteiger partial charge in [0.25, 0.3) is 0 Å². The lowest BCUT2D eigenvalue weighted by molar-refractivity contribution is -0.151. The van der Waals surface area contributed by atoms with E-state index in [4.69, 9.17) is 0 Å². The van der Waals surface area contributed by atoms with Gasteiger partial charge in [0, 0.05) is 11.4 Å². The van der Waals surface area contributed by atoms with Crippen molar-refractivity contribution in [2.45, 2.75) is 52.1 Å². The van der Waals surface area contributed by atoms with Gasteiger partial charge in [-0.3, -0.25) is 9.59 Å². The summed E-state index contributed by atoms with van der Waals surface area (Å²) in [5, 5.41) is 4.92. The Labute approximate surface area is 130 Å². The molecule has 0 aromatic carbocycles. The first kappa shape index (κ1) is 16.0. The molecule has 0 bridgehead atoms. The van der Waals surface area contributed by atoms with Crippen LogP contribution in [-0.4, -0.2) is 35.3 Å². The van der Waals surface area contributed by atoms with Crippen molar-refractivity contribution in [3.8, 4) is 0 Å². The van der Waals surface area contributed by atoms with Crippen LogP contribution >= 0.6 is 11.3 Å². The Balaban J connectivity index is 2.16. The number of hydrogen-bond donors (Lipinski definition) is 1. The van der Waals surface area contributed by atoms with E-state index in [2.05, 4.69) is 18.3 Å². The van der Waals surface area contributed by atoms with Gasteiger partial charge < -0.3 is 10.2 Å². The summed E-state index contributed by atoms with van der Waals surface area (Å²) < 4.78 is 0. The van der Waals surface area contributed by atoms with Crippen LogP contribution in [0.5, 0.6) is 0 Å². The predicted octanol–water partition coefficient (Wildman–Crippen LogP) is 2.44. The zero-order valence-corrected chi connectivity index (χ0v) is 13.8. The zero-order chi connectivity index (χ0) is 15.4. The summed E-state index contributed by atoms with van der Waals surface area (Å²) >= 11 is 1.70. The molecular weight excluding hydrogens is 284 g/mol. The van der Waals surface area contributed by atoms with Gasteiger partial charge in [-0.2, -0.15) is 0 Å². The molecule has 2 amide bonds. The monoisotopic (exact) mass is 308 g/mol. The van der Waals surface area contributed by atoms with Crippen LogP contribution in [0.15, 0.2) is 17.5 Å². The van der Waals surface area contributed by atoms with E-state index in [-0.39, 0.29) is 29.8 Å². The SMILES string of the molecule is CCC1NC(=O)C(C(C)CC)N(CCc2cccs2)C1=O. The van der Waals surface area contributed by atoms with Crippen molar-refractivity contribution in [3.05, 3.63) is 22.4 Å². The average Bonchev–Trinajstić information content (AvgIpc) is 3.00. The molecule has 0 aliphatic carbocycles. The van der Waals surface area contributed by atoms with Crippen LogP contribution in [0, 0.1) is 5.92 Å². The van der Waals surface area contributed by atoms with Crippen LogP contribution in [-0.2, 0) is 16.0 Å². The number of nitrogens with one attached hydrogen (secondary N) is 1. The van der Waals surface area contributed by atoms with Crippen LogP contribution in [0.1, 0.15) is 38.5 Å². The van der Waals surface area contributed by atoms with E-state index in [1.54, 1.807) is 16.2 Å². The van der Waals surface area contributed by atoms with Gasteiger partial charge in [0.2, 0.25) is 11.8 Å². The molecule has 116 valence electrons. The van der Waals surface area contributed by atoms with E-state index in [0.29, 0.717) is 13.0 Å². The second-order valence-corrected chi connectivity index (χ2v) is 6.69. The van der Waals surface area contributed by atoms with Gasteiger partial charge in [-0.05, 0) is 30.2 Å². The third-order valence-electron chi connectivity index (χ3n) is 4.27. The first-order valence-corrected chi connectivity index (χ1v) is 8.59. The number of hydrogen-bond acceptors (Lipinski definition) is 3. The maximum Gasteiger partial charge on any atom is 0.245 e. The third-order valence-corrected chi connectivity index (χ3v) is 5.21. The standard InChI is InChI=1S/C16H24N2O2S/c1-4-11(3)14-15(19)17-13(5-2)16(20)18(14)9-8-12-7-6-10-21-12/h6-7,10-11,13-14H,4-5,8-9H2,1-3H3,(H,17,19). The maximum absolute atomic E-state index is 12.6. The summed E-state index contributed by atoms with van der Waals surface area (Å²) in [7, 11) is 0. The summed E-state index contributed by atoms with van der Waals surface area (Å²) in [6.07, 6.45) is 2.35. The minimum absolute atomic E-state index is 0.00183. The van der Waals surface area contributed by atoms with Crippen LogP contribution in [0.3, 0.4) is 0 Å². The largest absolute Gasteiger partial charge is 0.343 e. The summed E-state index contributed by atoms with van der Waals surface area (Å²) in [6, 6.07) is 3.41. The van der Waals surface area contributed by atoms with Gasteiger partial charge in [0.15, 0.2) is 0 Å². The van der Waals surface area contributed by atoms with Crippen molar-refractivity contribution < 1.29 is 9.59 Å². The lowest BCUT2D eigenvalue weighted by atomic mass is 9.92. The van der Waals surface area contributed by atoms with Crippen molar-refractivity contribution in [3.63, 3.8) is 0 Å². The Morgan fingerprint density at radius 3 is 2.71 bits per heavy atom. The Morgan fingerprint density at radius 1 is 1.38 bits per heavy atom. The second-order valence-electron chi connectivity index (χ2n) is 5.66. The van der Waals surface area contributed by atoms with E-state index < -0.39 is 0 Å². The summed E-state index contributed by atoms with van der Waals surface area (Å²) in [5.41, 5.74) is 0. The number of carbonyl (C=O) groups is 2. The molecule has 1 N–H and O–H groups in total. The maximum atomic E-state index is 12.6. The molecule has 1 aromatic rings. The first-order valence-electron chi connectivity index (χ1n) is 7.71. The van der Waals surface area contributed by atoms with Crippen molar-refractivity contribution in [1.29, 1.82) is 0 Å². The molecule has 1 aliphatic heterocycles. The molecule has 3 unspecified atom stereocenters. The fourth-order valence-electron chi connectivity index (χ4n) is 2.80. The molecule has 1 aromatic heterocycles. The van der Waals surface area contributed by atoms with Gasteiger partial charge in [-0.25, -0.2) is 0 Å². The Kier molecular flexibility index (Phi) is 5.39. The van der Waals surface area contributed by atoms with Gasteiger partial charge in [0.1, 0.15) is 12.1 Å². The van der Waals surface area contributed by atoms with E-state index in [1.807, 2.05) is 25.3 Å². The van der Waals surface area contributed by atoms with E-state index in [0.717, 1.165) is 12.8 Å². The van der Waals surface area contributed by atoms with Gasteiger partial charge in [-0.15, -0.1) is 11.3 Å². The molecule has 0 radical (unpaired) electrons. The van der Waals surface area contributed by atoms with Gasteiger partial charge >= 0.3 is 0 Å². The highest BCUT2D eigenvalue weighted by Gasteiger charge is 2.41. The molecule has 0 spiro atoms. The number of piperazine rings is 1. The fourth-order valence-corrected chi connectivity index (χ4v) is 3.50. The molecule has 5 heteroatoms. The Morgan fingerprint density at radius 2 is 2.14 bits per heavy atom. The fraction of sp³-hybridized carbons (Fsp3) is 0.625. The Hall–Kier alpha value is -1.36. The molecule has 4 nitrogen and oxygen atoms in total. The molecule has 2 heterocycles. The number of nitrogens with zero attached hydrogens (tertiary/aromatic N) is 1. The van der Waals surface area contributed by atoms with Gasteiger partial charge in [0.05, 0.1) is 0 Å². The molecule has 1 saturated heterocycles. The highest BCUT2D eigenvalue weighted by Crippen LogP contribution is 2.22. The topological polar surface area (TPSA) is 49.4 Å². The number of amides is 2. The quantitative estimate of drug-likeness (QED) is 0.877. The van der Waals surface area contributed by atoms with Crippen molar-refractivity contribution >= 4 is 23.2 Å².